The van der Waals surface area contributed by atoms with Crippen LogP contribution >= 0.6 is 0 Å². The molecule has 7 heteroatoms. The van der Waals surface area contributed by atoms with E-state index in [9.17, 15) is 9.59 Å². The quantitative estimate of drug-likeness (QED) is 0.921. The van der Waals surface area contributed by atoms with E-state index in [0.717, 1.165) is 11.0 Å². The highest BCUT2D eigenvalue weighted by molar-refractivity contribution is 5.85. The van der Waals surface area contributed by atoms with Gasteiger partial charge in [-0.15, -0.1) is 0 Å². The third-order valence-corrected chi connectivity index (χ3v) is 3.16. The molecule has 0 aliphatic heterocycles. The molecule has 0 aliphatic carbocycles. The molecule has 1 aromatic carbocycles. The minimum atomic E-state index is -0.675. The number of hydrogen-bond acceptors (Lipinski definition) is 5. The van der Waals surface area contributed by atoms with E-state index in [1.807, 2.05) is 24.3 Å². The molecule has 22 heavy (non-hydrogen) atoms. The van der Waals surface area contributed by atoms with Gasteiger partial charge >= 0.3 is 6.09 Å². The molecule has 0 fully saturated rings. The van der Waals surface area contributed by atoms with Crippen LogP contribution in [0.15, 0.2) is 30.5 Å². The molecule has 0 aliphatic rings. The number of alkyl carbamates (subject to hydrolysis) is 1. The topological polar surface area (TPSA) is 84.4 Å². The minimum Gasteiger partial charge on any atom is -0.453 e. The fourth-order valence-corrected chi connectivity index (χ4v) is 2.02. The van der Waals surface area contributed by atoms with Crippen molar-refractivity contribution in [3.05, 3.63) is 36.2 Å². The van der Waals surface area contributed by atoms with Crippen LogP contribution in [-0.4, -0.2) is 47.1 Å². The number of nitrogens with one attached hydrogen (secondary N) is 1. The van der Waals surface area contributed by atoms with Crippen molar-refractivity contribution in [1.29, 1.82) is 0 Å². The van der Waals surface area contributed by atoms with Crippen LogP contribution in [0, 0.1) is 0 Å². The smallest absolute Gasteiger partial charge is 0.407 e. The lowest BCUT2D eigenvalue weighted by Crippen LogP contribution is -2.45. The Morgan fingerprint density at radius 3 is 2.68 bits per heavy atom. The zero-order chi connectivity index (χ0) is 16.1. The van der Waals surface area contributed by atoms with E-state index >= 15 is 0 Å². The second kappa shape index (κ2) is 6.84. The Balaban J connectivity index is 2.04. The number of methoxy groups -OCH3 is 1. The van der Waals surface area contributed by atoms with Gasteiger partial charge in [0.15, 0.2) is 0 Å². The molecular formula is C15H18N4O3. The molecule has 0 bridgehead atoms. The number of hydrogen-bond donors (Lipinski definition) is 1. The SMILES string of the molecule is COC(=O)N[C@H](C)C(=O)N(C)Cc1cnc2ccccc2n1. The van der Waals surface area contributed by atoms with E-state index in [1.54, 1.807) is 20.2 Å². The average molecular weight is 302 g/mol. The molecule has 116 valence electrons. The summed E-state index contributed by atoms with van der Waals surface area (Å²) in [5.41, 5.74) is 2.27. The van der Waals surface area contributed by atoms with Crippen molar-refractivity contribution in [2.45, 2.75) is 19.5 Å². The zero-order valence-corrected chi connectivity index (χ0v) is 12.7. The Kier molecular flexibility index (Phi) is 4.88. The summed E-state index contributed by atoms with van der Waals surface area (Å²) in [6.07, 6.45) is 1.00. The molecule has 0 saturated carbocycles. The van der Waals surface area contributed by atoms with Gasteiger partial charge in [-0.3, -0.25) is 9.78 Å². The summed E-state index contributed by atoms with van der Waals surface area (Å²) in [7, 11) is 2.90. The molecule has 2 aromatic rings. The number of fused-ring (bicyclic) bond motifs is 1. The van der Waals surface area contributed by atoms with Gasteiger partial charge in [0.2, 0.25) is 5.91 Å². The Morgan fingerprint density at radius 1 is 1.32 bits per heavy atom. The molecule has 1 heterocycles. The van der Waals surface area contributed by atoms with Gasteiger partial charge < -0.3 is 15.0 Å². The lowest BCUT2D eigenvalue weighted by Gasteiger charge is -2.21. The van der Waals surface area contributed by atoms with E-state index in [0.29, 0.717) is 12.2 Å². The summed E-state index contributed by atoms with van der Waals surface area (Å²) in [5.74, 6) is -0.236. The van der Waals surface area contributed by atoms with E-state index in [2.05, 4.69) is 20.0 Å². The summed E-state index contributed by atoms with van der Waals surface area (Å²) in [6, 6.07) is 6.86. The van der Waals surface area contributed by atoms with Crippen LogP contribution in [0.1, 0.15) is 12.6 Å². The lowest BCUT2D eigenvalue weighted by atomic mass is 10.2. The number of benzene rings is 1. The maximum atomic E-state index is 12.2. The summed E-state index contributed by atoms with van der Waals surface area (Å²) >= 11 is 0. The van der Waals surface area contributed by atoms with Gasteiger partial charge in [0, 0.05) is 7.05 Å². The fraction of sp³-hybridized carbons (Fsp3) is 0.333. The molecule has 0 unspecified atom stereocenters. The average Bonchev–Trinajstić information content (AvgIpc) is 2.53. The molecule has 0 spiro atoms. The van der Waals surface area contributed by atoms with Crippen molar-refractivity contribution in [3.8, 4) is 0 Å². The van der Waals surface area contributed by atoms with Gasteiger partial charge in [0.05, 0.1) is 36.6 Å². The van der Waals surface area contributed by atoms with Gasteiger partial charge in [-0.1, -0.05) is 12.1 Å². The second-order valence-corrected chi connectivity index (χ2v) is 4.90. The predicted octanol–water partition coefficient (Wildman–Crippen LogP) is 1.33. The molecule has 7 nitrogen and oxygen atoms in total. The first-order valence-electron chi connectivity index (χ1n) is 6.81. The summed E-state index contributed by atoms with van der Waals surface area (Å²) in [5, 5.41) is 2.44. The second-order valence-electron chi connectivity index (χ2n) is 4.90. The summed E-state index contributed by atoms with van der Waals surface area (Å²) < 4.78 is 4.47. The number of carbonyl (C=O) groups excluding carboxylic acids is 2. The van der Waals surface area contributed by atoms with Crippen LogP contribution in [0.3, 0.4) is 0 Å². The Labute approximate surface area is 128 Å². The number of aromatic nitrogens is 2. The maximum absolute atomic E-state index is 12.2. The summed E-state index contributed by atoms with van der Waals surface area (Å²) in [4.78, 5) is 33.6. The van der Waals surface area contributed by atoms with Crippen LogP contribution in [0.2, 0.25) is 0 Å². The van der Waals surface area contributed by atoms with Crippen molar-refractivity contribution in [1.82, 2.24) is 20.2 Å². The highest BCUT2D eigenvalue weighted by Gasteiger charge is 2.20. The van der Waals surface area contributed by atoms with Gasteiger partial charge in [0.25, 0.3) is 0 Å². The molecule has 2 amide bonds. The first-order valence-corrected chi connectivity index (χ1v) is 6.81. The minimum absolute atomic E-state index is 0.236. The van der Waals surface area contributed by atoms with Gasteiger partial charge in [-0.2, -0.15) is 0 Å². The third kappa shape index (κ3) is 3.69. The van der Waals surface area contributed by atoms with Crippen molar-refractivity contribution in [2.24, 2.45) is 0 Å². The first kappa shape index (κ1) is 15.7. The zero-order valence-electron chi connectivity index (χ0n) is 12.7. The molecular weight excluding hydrogens is 284 g/mol. The monoisotopic (exact) mass is 302 g/mol. The number of carbonyl (C=O) groups is 2. The largest absolute Gasteiger partial charge is 0.453 e. The highest BCUT2D eigenvalue weighted by atomic mass is 16.5. The normalized spacial score (nSPS) is 11.8. The fourth-order valence-electron chi connectivity index (χ4n) is 2.02. The molecule has 1 N–H and O–H groups in total. The van der Waals surface area contributed by atoms with E-state index in [4.69, 9.17) is 0 Å². The standard InChI is InChI=1S/C15H18N4O3/c1-10(17-15(21)22-3)14(20)19(2)9-11-8-16-12-6-4-5-7-13(12)18-11/h4-8,10H,9H2,1-3H3,(H,17,21)/t10-/m1/s1. The van der Waals surface area contributed by atoms with E-state index in [1.165, 1.54) is 12.0 Å². The number of rotatable bonds is 4. The predicted molar refractivity (Wildman–Crippen MR) is 81.0 cm³/mol. The molecule has 1 atom stereocenters. The van der Waals surface area contributed by atoms with Crippen molar-refractivity contribution < 1.29 is 14.3 Å². The van der Waals surface area contributed by atoms with E-state index in [-0.39, 0.29) is 5.91 Å². The number of ether oxygens (including phenoxy) is 1. The maximum Gasteiger partial charge on any atom is 0.407 e. The van der Waals surface area contributed by atoms with Crippen molar-refractivity contribution in [2.75, 3.05) is 14.2 Å². The van der Waals surface area contributed by atoms with Crippen molar-refractivity contribution in [3.63, 3.8) is 0 Å². The molecule has 0 saturated heterocycles. The Hall–Kier alpha value is -2.70. The highest BCUT2D eigenvalue weighted by Crippen LogP contribution is 2.10. The van der Waals surface area contributed by atoms with Crippen LogP contribution in [0.4, 0.5) is 4.79 Å². The van der Waals surface area contributed by atoms with Gasteiger partial charge in [-0.05, 0) is 19.1 Å². The number of para-hydroxylation sites is 2. The van der Waals surface area contributed by atoms with Crippen LogP contribution in [0.5, 0.6) is 0 Å². The number of nitrogens with zero attached hydrogens (tertiary/aromatic N) is 3. The Morgan fingerprint density at radius 2 is 2.00 bits per heavy atom. The molecule has 1 aromatic heterocycles. The number of amides is 2. The Bertz CT molecular complexity index is 689. The lowest BCUT2D eigenvalue weighted by molar-refractivity contribution is -0.132. The van der Waals surface area contributed by atoms with Gasteiger partial charge in [-0.25, -0.2) is 9.78 Å². The van der Waals surface area contributed by atoms with Crippen LogP contribution in [-0.2, 0) is 16.1 Å². The summed E-state index contributed by atoms with van der Waals surface area (Å²) in [6.45, 7) is 1.91. The third-order valence-electron chi connectivity index (χ3n) is 3.16. The first-order chi connectivity index (χ1) is 10.5. The van der Waals surface area contributed by atoms with Crippen LogP contribution < -0.4 is 5.32 Å². The number of likely N-dealkylation sites (N-methyl/N-ethyl adjacent to an activating group) is 1. The van der Waals surface area contributed by atoms with Crippen molar-refractivity contribution >= 4 is 23.0 Å². The molecule has 0 radical (unpaired) electrons. The van der Waals surface area contributed by atoms with Crippen LogP contribution in [0.25, 0.3) is 11.0 Å². The van der Waals surface area contributed by atoms with Gasteiger partial charge in [0.1, 0.15) is 6.04 Å². The molecule has 2 rings (SSSR count). The van der Waals surface area contributed by atoms with E-state index < -0.39 is 12.1 Å².